The summed E-state index contributed by atoms with van der Waals surface area (Å²) in [5, 5.41) is 8.49. The van der Waals surface area contributed by atoms with Crippen LogP contribution in [-0.4, -0.2) is 50.6 Å². The van der Waals surface area contributed by atoms with Gasteiger partial charge in [-0.15, -0.1) is 35.3 Å². The second-order valence-electron chi connectivity index (χ2n) is 6.10. The molecule has 1 amide bonds. The van der Waals surface area contributed by atoms with Crippen molar-refractivity contribution in [1.29, 1.82) is 0 Å². The summed E-state index contributed by atoms with van der Waals surface area (Å²) in [5.74, 6) is 1.46. The number of amides is 1. The summed E-state index contributed by atoms with van der Waals surface area (Å²) in [5.41, 5.74) is 1.01. The minimum atomic E-state index is -0.00234. The number of thiophene rings is 1. The summed E-state index contributed by atoms with van der Waals surface area (Å²) < 4.78 is 5.66. The number of nitrogens with zero attached hydrogens (tertiary/aromatic N) is 2. The standard InChI is InChI=1S/C20H28N4O2S.HI/c1-4-26-18-10-6-5-8-16(18)14-22-20(23-15-19(25)24(2)3)21-12-11-17-9-7-13-27-17;/h5-10,13H,4,11-12,14-15H2,1-3H3,(H2,21,22,23);1H. The Hall–Kier alpha value is -1.81. The first kappa shape index (κ1) is 24.2. The molecular weight excluding hydrogens is 487 g/mol. The lowest BCUT2D eigenvalue weighted by atomic mass is 10.2. The first-order valence-corrected chi connectivity index (χ1v) is 9.93. The molecule has 1 aromatic carbocycles. The molecule has 0 aliphatic rings. The highest BCUT2D eigenvalue weighted by molar-refractivity contribution is 14.0. The molecule has 0 atom stereocenters. The van der Waals surface area contributed by atoms with E-state index >= 15 is 0 Å². The predicted octanol–water partition coefficient (Wildman–Crippen LogP) is 3.13. The topological polar surface area (TPSA) is 66.0 Å². The number of likely N-dealkylation sites (N-methyl/N-ethyl adjacent to an activating group) is 1. The van der Waals surface area contributed by atoms with Crippen molar-refractivity contribution in [1.82, 2.24) is 15.5 Å². The van der Waals surface area contributed by atoms with Gasteiger partial charge in [-0.3, -0.25) is 4.79 Å². The Labute approximate surface area is 188 Å². The fourth-order valence-electron chi connectivity index (χ4n) is 2.35. The third-order valence-corrected chi connectivity index (χ3v) is 4.77. The minimum absolute atomic E-state index is 0. The van der Waals surface area contributed by atoms with Crippen LogP contribution in [0.1, 0.15) is 17.4 Å². The van der Waals surface area contributed by atoms with Crippen LogP contribution in [-0.2, 0) is 17.8 Å². The second kappa shape index (κ2) is 13.4. The van der Waals surface area contributed by atoms with E-state index in [0.29, 0.717) is 19.1 Å². The molecule has 0 bridgehead atoms. The maximum Gasteiger partial charge on any atom is 0.241 e. The van der Waals surface area contributed by atoms with Crippen molar-refractivity contribution in [2.45, 2.75) is 19.9 Å². The Bertz CT molecular complexity index is 736. The Morgan fingerprint density at radius 3 is 2.64 bits per heavy atom. The van der Waals surface area contributed by atoms with Crippen molar-refractivity contribution in [3.8, 4) is 5.75 Å². The zero-order valence-electron chi connectivity index (χ0n) is 16.6. The predicted molar refractivity (Wildman–Crippen MR) is 127 cm³/mol. The normalized spacial score (nSPS) is 10.8. The maximum absolute atomic E-state index is 11.9. The lowest BCUT2D eigenvalue weighted by molar-refractivity contribution is -0.127. The smallest absolute Gasteiger partial charge is 0.241 e. The fraction of sp³-hybridized carbons (Fsp3) is 0.400. The second-order valence-corrected chi connectivity index (χ2v) is 7.14. The number of carbonyl (C=O) groups is 1. The van der Waals surface area contributed by atoms with Crippen LogP contribution in [0.4, 0.5) is 0 Å². The summed E-state index contributed by atoms with van der Waals surface area (Å²) in [7, 11) is 3.48. The molecule has 28 heavy (non-hydrogen) atoms. The maximum atomic E-state index is 11.9. The van der Waals surface area contributed by atoms with Gasteiger partial charge >= 0.3 is 0 Å². The van der Waals surface area contributed by atoms with Gasteiger partial charge in [0.05, 0.1) is 19.7 Å². The molecule has 1 heterocycles. The molecule has 6 nitrogen and oxygen atoms in total. The summed E-state index contributed by atoms with van der Waals surface area (Å²) in [6, 6.07) is 12.0. The van der Waals surface area contributed by atoms with Gasteiger partial charge in [0.15, 0.2) is 5.96 Å². The van der Waals surface area contributed by atoms with Crippen molar-refractivity contribution in [2.75, 3.05) is 33.8 Å². The number of ether oxygens (including phenoxy) is 1. The number of benzene rings is 1. The Balaban J connectivity index is 0.00000392. The van der Waals surface area contributed by atoms with Crippen molar-refractivity contribution >= 4 is 47.2 Å². The quantitative estimate of drug-likeness (QED) is 0.306. The number of hydrogen-bond donors (Lipinski definition) is 2. The van der Waals surface area contributed by atoms with Gasteiger partial charge in [0, 0.05) is 31.1 Å². The number of para-hydroxylation sites is 1. The number of carbonyl (C=O) groups excluding carboxylic acids is 1. The highest BCUT2D eigenvalue weighted by atomic mass is 127. The molecule has 0 saturated heterocycles. The van der Waals surface area contributed by atoms with E-state index in [0.717, 1.165) is 24.3 Å². The van der Waals surface area contributed by atoms with E-state index in [1.807, 2.05) is 37.3 Å². The number of halogens is 1. The van der Waals surface area contributed by atoms with E-state index in [1.165, 1.54) is 4.88 Å². The monoisotopic (exact) mass is 516 g/mol. The van der Waals surface area contributed by atoms with Gasteiger partial charge in [-0.2, -0.15) is 0 Å². The molecule has 0 spiro atoms. The third kappa shape index (κ3) is 8.47. The van der Waals surface area contributed by atoms with E-state index in [-0.39, 0.29) is 36.4 Å². The van der Waals surface area contributed by atoms with Crippen LogP contribution in [0.3, 0.4) is 0 Å². The van der Waals surface area contributed by atoms with Crippen molar-refractivity contribution < 1.29 is 9.53 Å². The minimum Gasteiger partial charge on any atom is -0.494 e. The van der Waals surface area contributed by atoms with Crippen molar-refractivity contribution in [2.24, 2.45) is 4.99 Å². The van der Waals surface area contributed by atoms with Crippen LogP contribution in [0.2, 0.25) is 0 Å². The van der Waals surface area contributed by atoms with Gasteiger partial charge in [-0.1, -0.05) is 24.3 Å². The summed E-state index contributed by atoms with van der Waals surface area (Å²) in [6.07, 6.45) is 0.912. The highest BCUT2D eigenvalue weighted by Gasteiger charge is 2.07. The first-order chi connectivity index (χ1) is 13.1. The molecule has 0 radical (unpaired) electrons. The lowest BCUT2D eigenvalue weighted by Crippen LogP contribution is -2.43. The van der Waals surface area contributed by atoms with E-state index in [9.17, 15) is 4.79 Å². The Morgan fingerprint density at radius 2 is 1.96 bits per heavy atom. The molecule has 154 valence electrons. The lowest BCUT2D eigenvalue weighted by Gasteiger charge is -2.15. The van der Waals surface area contributed by atoms with E-state index in [2.05, 4.69) is 27.1 Å². The number of hydrogen-bond acceptors (Lipinski definition) is 4. The van der Waals surface area contributed by atoms with Gasteiger partial charge in [0.1, 0.15) is 5.75 Å². The zero-order valence-corrected chi connectivity index (χ0v) is 19.8. The molecule has 2 N–H and O–H groups in total. The number of guanidine groups is 1. The van der Waals surface area contributed by atoms with Crippen molar-refractivity contribution in [3.05, 3.63) is 52.2 Å². The van der Waals surface area contributed by atoms with Crippen LogP contribution in [0.5, 0.6) is 5.75 Å². The molecule has 0 fully saturated rings. The molecule has 8 heteroatoms. The van der Waals surface area contributed by atoms with Gasteiger partial charge in [0.2, 0.25) is 5.91 Å². The molecule has 0 aliphatic carbocycles. The summed E-state index contributed by atoms with van der Waals surface area (Å²) in [6.45, 7) is 4.00. The van der Waals surface area contributed by atoms with Crippen molar-refractivity contribution in [3.63, 3.8) is 0 Å². The van der Waals surface area contributed by atoms with Crippen LogP contribution in [0.15, 0.2) is 46.8 Å². The fourth-order valence-corrected chi connectivity index (χ4v) is 3.05. The molecule has 1 aromatic heterocycles. The van der Waals surface area contributed by atoms with Gasteiger partial charge in [-0.05, 0) is 30.9 Å². The third-order valence-electron chi connectivity index (χ3n) is 3.83. The van der Waals surface area contributed by atoms with E-state index in [1.54, 1.807) is 30.3 Å². The summed E-state index contributed by atoms with van der Waals surface area (Å²) in [4.78, 5) is 19.4. The van der Waals surface area contributed by atoms with Crippen LogP contribution in [0, 0.1) is 0 Å². The van der Waals surface area contributed by atoms with E-state index in [4.69, 9.17) is 4.74 Å². The molecular formula is C20H29IN4O2S. The average Bonchev–Trinajstić information content (AvgIpc) is 3.18. The van der Waals surface area contributed by atoms with Crippen LogP contribution >= 0.6 is 35.3 Å². The number of nitrogens with one attached hydrogen (secondary N) is 2. The molecule has 2 rings (SSSR count). The Morgan fingerprint density at radius 1 is 1.18 bits per heavy atom. The largest absolute Gasteiger partial charge is 0.494 e. The van der Waals surface area contributed by atoms with Crippen LogP contribution < -0.4 is 15.4 Å². The number of aliphatic imine (C=N–C) groups is 1. The average molecular weight is 516 g/mol. The molecule has 2 aromatic rings. The Kier molecular flexibility index (Phi) is 11.6. The molecule has 0 saturated carbocycles. The molecule has 0 unspecified atom stereocenters. The highest BCUT2D eigenvalue weighted by Crippen LogP contribution is 2.18. The van der Waals surface area contributed by atoms with Gasteiger partial charge < -0.3 is 20.3 Å². The zero-order chi connectivity index (χ0) is 19.5. The van der Waals surface area contributed by atoms with Crippen LogP contribution in [0.25, 0.3) is 0 Å². The van der Waals surface area contributed by atoms with Gasteiger partial charge in [-0.25, -0.2) is 4.99 Å². The van der Waals surface area contributed by atoms with E-state index < -0.39 is 0 Å². The molecule has 0 aliphatic heterocycles. The van der Waals surface area contributed by atoms with Gasteiger partial charge in [0.25, 0.3) is 0 Å². The first-order valence-electron chi connectivity index (χ1n) is 9.05. The number of rotatable bonds is 9. The SMILES string of the molecule is CCOc1ccccc1CN=C(NCCc1cccs1)NCC(=O)N(C)C.I. The summed E-state index contributed by atoms with van der Waals surface area (Å²) >= 11 is 1.74.